The van der Waals surface area contributed by atoms with Gasteiger partial charge in [-0.2, -0.15) is 0 Å². The average molecular weight is 412 g/mol. The molecule has 1 aromatic carbocycles. The summed E-state index contributed by atoms with van der Waals surface area (Å²) in [7, 11) is 0. The first-order chi connectivity index (χ1) is 14.3. The Bertz CT molecular complexity index is 1140. The predicted octanol–water partition coefficient (Wildman–Crippen LogP) is 3.16. The van der Waals surface area contributed by atoms with Gasteiger partial charge in [-0.15, -0.1) is 0 Å². The fourth-order valence-electron chi connectivity index (χ4n) is 4.55. The number of imidazole rings is 1. The Balaban J connectivity index is 1.49. The van der Waals surface area contributed by atoms with E-state index in [1.54, 1.807) is 16.2 Å². The Morgan fingerprint density at radius 2 is 2.03 bits per heavy atom. The van der Waals surface area contributed by atoms with Crippen molar-refractivity contribution in [3.63, 3.8) is 0 Å². The van der Waals surface area contributed by atoms with E-state index in [0.717, 1.165) is 24.6 Å². The monoisotopic (exact) mass is 412 g/mol. The maximum absolute atomic E-state index is 14.4. The summed E-state index contributed by atoms with van der Waals surface area (Å²) < 4.78 is 29.9. The third-order valence-corrected chi connectivity index (χ3v) is 5.96. The Morgan fingerprint density at radius 1 is 1.23 bits per heavy atom. The zero-order valence-corrected chi connectivity index (χ0v) is 16.6. The first-order valence-electron chi connectivity index (χ1n) is 10.0. The average Bonchev–Trinajstić information content (AvgIpc) is 3.33. The molecule has 2 fully saturated rings. The summed E-state index contributed by atoms with van der Waals surface area (Å²) in [6.45, 7) is 2.97. The van der Waals surface area contributed by atoms with Crippen LogP contribution in [0.15, 0.2) is 42.7 Å². The highest BCUT2D eigenvalue weighted by Crippen LogP contribution is 2.37. The minimum atomic E-state index is -0.848. The Kier molecular flexibility index (Phi) is 4.28. The van der Waals surface area contributed by atoms with Crippen molar-refractivity contribution in [2.24, 2.45) is 0 Å². The van der Waals surface area contributed by atoms with Crippen LogP contribution in [0.2, 0.25) is 0 Å². The third kappa shape index (κ3) is 3.11. The van der Waals surface area contributed by atoms with E-state index in [1.165, 1.54) is 18.3 Å². The van der Waals surface area contributed by atoms with E-state index in [1.807, 2.05) is 23.2 Å². The number of β-amino-alcohol motifs (C(OH)–C–C–N with tert-alkyl or cyclic N) is 1. The lowest BCUT2D eigenvalue weighted by molar-refractivity contribution is -0.0671. The topological polar surface area (TPSA) is 61.1 Å². The smallest absolute Gasteiger partial charge is 0.272 e. The minimum Gasteiger partial charge on any atom is -0.386 e. The molecule has 2 saturated heterocycles. The minimum absolute atomic E-state index is 0.194. The number of hydrogen-bond donors (Lipinski definition) is 1. The van der Waals surface area contributed by atoms with Crippen LogP contribution in [-0.2, 0) is 0 Å². The summed E-state index contributed by atoms with van der Waals surface area (Å²) in [4.78, 5) is 20.8. The van der Waals surface area contributed by atoms with Crippen LogP contribution in [0.5, 0.6) is 0 Å². The van der Waals surface area contributed by atoms with Gasteiger partial charge in [0.1, 0.15) is 23.0 Å². The summed E-state index contributed by atoms with van der Waals surface area (Å²) in [5.41, 5.74) is 1.35. The highest BCUT2D eigenvalue weighted by atomic mass is 19.1. The number of benzene rings is 1. The summed E-state index contributed by atoms with van der Waals surface area (Å²) in [6, 6.07) is 6.99. The molecule has 1 atom stereocenters. The molecule has 1 amide bonds. The number of fused-ring (bicyclic) bond motifs is 1. The fraction of sp³-hybridized carbons (Fsp3) is 0.364. The summed E-state index contributed by atoms with van der Waals surface area (Å²) in [5.74, 6) is -1.07. The van der Waals surface area contributed by atoms with Crippen LogP contribution in [-0.4, -0.2) is 50.5 Å². The van der Waals surface area contributed by atoms with Gasteiger partial charge in [-0.3, -0.25) is 9.20 Å². The standard InChI is InChI=1S/C22H22F2N4O2/c1-22(30)12-26(13-22)21(29)19-10-25-20-7-5-15(11-28(19)20)27-8-2-3-18(27)16-9-14(23)4-6-17(16)24/h4-7,9-11,18,30H,2-3,8,12-13H2,1H3. The second-order valence-electron chi connectivity index (χ2n) is 8.43. The van der Waals surface area contributed by atoms with Crippen molar-refractivity contribution in [2.75, 3.05) is 24.5 Å². The van der Waals surface area contributed by atoms with Gasteiger partial charge in [0, 0.05) is 18.3 Å². The molecule has 1 unspecified atom stereocenters. The van der Waals surface area contributed by atoms with Gasteiger partial charge in [-0.1, -0.05) is 0 Å². The van der Waals surface area contributed by atoms with Gasteiger partial charge in [0.15, 0.2) is 0 Å². The van der Waals surface area contributed by atoms with Gasteiger partial charge in [-0.05, 0) is 50.1 Å². The number of halogens is 2. The van der Waals surface area contributed by atoms with Crippen LogP contribution >= 0.6 is 0 Å². The largest absolute Gasteiger partial charge is 0.386 e. The zero-order valence-electron chi connectivity index (χ0n) is 16.6. The van der Waals surface area contributed by atoms with Crippen molar-refractivity contribution in [1.82, 2.24) is 14.3 Å². The Labute approximate surface area is 172 Å². The molecular formula is C22H22F2N4O2. The molecule has 30 heavy (non-hydrogen) atoms. The number of hydrogen-bond acceptors (Lipinski definition) is 4. The van der Waals surface area contributed by atoms with Crippen LogP contribution in [0.25, 0.3) is 5.65 Å². The van der Waals surface area contributed by atoms with Gasteiger partial charge in [0.2, 0.25) is 0 Å². The molecule has 4 heterocycles. The SMILES string of the molecule is CC1(O)CN(C(=O)c2cnc3ccc(N4CCCC4c4cc(F)ccc4F)cn23)C1. The number of aromatic nitrogens is 2. The molecule has 0 bridgehead atoms. The number of likely N-dealkylation sites (tertiary alicyclic amines) is 1. The second kappa shape index (κ2) is 6.77. The lowest BCUT2D eigenvalue weighted by Crippen LogP contribution is -2.61. The molecule has 0 radical (unpaired) electrons. The molecule has 8 heteroatoms. The molecular weight excluding hydrogens is 390 g/mol. The molecule has 0 spiro atoms. The number of anilines is 1. The maximum atomic E-state index is 14.4. The van der Waals surface area contributed by atoms with Crippen LogP contribution in [0.1, 0.15) is 41.9 Å². The van der Waals surface area contributed by atoms with Gasteiger partial charge >= 0.3 is 0 Å². The van der Waals surface area contributed by atoms with Crippen LogP contribution in [0, 0.1) is 11.6 Å². The lowest BCUT2D eigenvalue weighted by Gasteiger charge is -2.43. The molecule has 156 valence electrons. The van der Waals surface area contributed by atoms with E-state index in [-0.39, 0.29) is 25.0 Å². The number of aliphatic hydroxyl groups is 1. The summed E-state index contributed by atoms with van der Waals surface area (Å²) in [6.07, 6.45) is 4.93. The quantitative estimate of drug-likeness (QED) is 0.718. The first kappa shape index (κ1) is 19.0. The molecule has 2 aliphatic heterocycles. The molecule has 1 N–H and O–H groups in total. The van der Waals surface area contributed by atoms with Crippen LogP contribution in [0.3, 0.4) is 0 Å². The summed E-state index contributed by atoms with van der Waals surface area (Å²) in [5, 5.41) is 9.93. The molecule has 2 aliphatic rings. The van der Waals surface area contributed by atoms with Gasteiger partial charge < -0.3 is 14.9 Å². The van der Waals surface area contributed by atoms with Crippen molar-refractivity contribution in [1.29, 1.82) is 0 Å². The number of nitrogens with zero attached hydrogens (tertiary/aromatic N) is 4. The number of carbonyl (C=O) groups excluding carboxylic acids is 1. The number of carbonyl (C=O) groups is 1. The molecule has 6 nitrogen and oxygen atoms in total. The lowest BCUT2D eigenvalue weighted by atomic mass is 9.97. The van der Waals surface area contributed by atoms with E-state index < -0.39 is 17.2 Å². The molecule has 3 aromatic rings. The van der Waals surface area contributed by atoms with E-state index in [9.17, 15) is 18.7 Å². The Hall–Kier alpha value is -3.00. The molecule has 2 aromatic heterocycles. The molecule has 0 aliphatic carbocycles. The molecule has 5 rings (SSSR count). The van der Waals surface area contributed by atoms with Crippen molar-refractivity contribution in [3.05, 3.63) is 65.6 Å². The molecule has 0 saturated carbocycles. The van der Waals surface area contributed by atoms with Crippen LogP contribution in [0.4, 0.5) is 14.5 Å². The van der Waals surface area contributed by atoms with Crippen LogP contribution < -0.4 is 4.90 Å². The van der Waals surface area contributed by atoms with Crippen molar-refractivity contribution < 1.29 is 18.7 Å². The van der Waals surface area contributed by atoms with E-state index in [2.05, 4.69) is 4.98 Å². The van der Waals surface area contributed by atoms with Gasteiger partial charge in [-0.25, -0.2) is 13.8 Å². The van der Waals surface area contributed by atoms with Crippen molar-refractivity contribution in [2.45, 2.75) is 31.4 Å². The number of amides is 1. The normalized spacial score (nSPS) is 20.6. The van der Waals surface area contributed by atoms with Crippen molar-refractivity contribution >= 4 is 17.2 Å². The summed E-state index contributed by atoms with van der Waals surface area (Å²) >= 11 is 0. The Morgan fingerprint density at radius 3 is 2.80 bits per heavy atom. The van der Waals surface area contributed by atoms with Crippen molar-refractivity contribution in [3.8, 4) is 0 Å². The van der Waals surface area contributed by atoms with Gasteiger partial charge in [0.05, 0.1) is 36.6 Å². The maximum Gasteiger partial charge on any atom is 0.272 e. The predicted molar refractivity (Wildman–Crippen MR) is 107 cm³/mol. The first-order valence-corrected chi connectivity index (χ1v) is 10.0. The van der Waals surface area contributed by atoms with E-state index in [4.69, 9.17) is 0 Å². The van der Waals surface area contributed by atoms with E-state index >= 15 is 0 Å². The second-order valence-corrected chi connectivity index (χ2v) is 8.43. The number of pyridine rings is 1. The zero-order chi connectivity index (χ0) is 21.0. The third-order valence-electron chi connectivity index (χ3n) is 5.96. The van der Waals surface area contributed by atoms with Gasteiger partial charge in [0.25, 0.3) is 5.91 Å². The number of rotatable bonds is 3. The highest BCUT2D eigenvalue weighted by molar-refractivity contribution is 5.94. The van der Waals surface area contributed by atoms with E-state index in [0.29, 0.717) is 23.4 Å². The highest BCUT2D eigenvalue weighted by Gasteiger charge is 2.40. The fourth-order valence-corrected chi connectivity index (χ4v) is 4.55.